The van der Waals surface area contributed by atoms with Crippen LogP contribution in [0.1, 0.15) is 28.3 Å². The number of aliphatic imine (C=N–C) groups is 1. The molecule has 272 valence electrons. The van der Waals surface area contributed by atoms with Crippen LogP contribution in [-0.2, 0) is 16.5 Å². The maximum Gasteiger partial charge on any atom is 2.00 e. The molecule has 5 aromatic carbocycles. The molecule has 3 aromatic heterocycles. The van der Waals surface area contributed by atoms with Crippen LogP contribution in [0.3, 0.4) is 0 Å². The van der Waals surface area contributed by atoms with Gasteiger partial charge in [0.05, 0.1) is 28.5 Å². The van der Waals surface area contributed by atoms with Crippen molar-refractivity contribution in [1.82, 2.24) is 19.9 Å². The van der Waals surface area contributed by atoms with Gasteiger partial charge in [-0.05, 0) is 68.3 Å². The molecular formula is C51H33N5Ni. The van der Waals surface area contributed by atoms with Gasteiger partial charge < -0.3 is 9.97 Å². The summed E-state index contributed by atoms with van der Waals surface area (Å²) in [6, 6.07) is 60.0. The van der Waals surface area contributed by atoms with E-state index < -0.39 is 0 Å². The average molecular weight is 775 g/mol. The van der Waals surface area contributed by atoms with Crippen molar-refractivity contribution in [3.8, 4) is 44.5 Å². The van der Waals surface area contributed by atoms with Crippen LogP contribution in [0.4, 0.5) is 0 Å². The zero-order chi connectivity index (χ0) is 37.3. The van der Waals surface area contributed by atoms with E-state index in [1.54, 1.807) is 0 Å². The Morgan fingerprint density at radius 1 is 0.386 bits per heavy atom. The molecule has 8 bridgehead atoms. The fourth-order valence-electron chi connectivity index (χ4n) is 7.53. The van der Waals surface area contributed by atoms with Crippen molar-refractivity contribution in [2.75, 3.05) is 0 Å². The average Bonchev–Trinajstić information content (AvgIpc) is 4.10. The molecule has 10 rings (SSSR count). The van der Waals surface area contributed by atoms with Gasteiger partial charge in [0.25, 0.3) is 0 Å². The van der Waals surface area contributed by atoms with Crippen LogP contribution in [-0.4, -0.2) is 16.2 Å². The Bertz CT molecular complexity index is 2980. The molecular weight excluding hydrogens is 741 g/mol. The Labute approximate surface area is 340 Å². The fraction of sp³-hybridized carbons (Fsp3) is 0. The largest absolute Gasteiger partial charge is 2.00 e. The first-order chi connectivity index (χ1) is 27.8. The van der Waals surface area contributed by atoms with Gasteiger partial charge in [-0.3, -0.25) is 4.99 Å². The van der Waals surface area contributed by atoms with Gasteiger partial charge in [-0.1, -0.05) is 176 Å². The Hall–Kier alpha value is -7.14. The molecule has 0 atom stereocenters. The maximum atomic E-state index is 5.51. The summed E-state index contributed by atoms with van der Waals surface area (Å²) in [5.74, 6) is 0. The Balaban J connectivity index is 0.00000422. The topological polar surface area (TPSA) is 66.3 Å². The third-order valence-corrected chi connectivity index (χ3v) is 10.1. The molecule has 8 aromatic rings. The molecule has 0 aliphatic carbocycles. The van der Waals surface area contributed by atoms with E-state index in [-0.39, 0.29) is 16.5 Å². The van der Waals surface area contributed by atoms with Gasteiger partial charge in [0.2, 0.25) is 0 Å². The summed E-state index contributed by atoms with van der Waals surface area (Å²) < 4.78 is 0. The normalized spacial score (nSPS) is 12.0. The maximum absolute atomic E-state index is 5.51. The Kier molecular flexibility index (Phi) is 9.70. The number of benzene rings is 5. The number of fused-ring (bicyclic) bond motifs is 8. The molecule has 57 heavy (non-hydrogen) atoms. The van der Waals surface area contributed by atoms with E-state index in [9.17, 15) is 0 Å². The molecule has 2 aliphatic rings. The van der Waals surface area contributed by atoms with Crippen molar-refractivity contribution in [3.63, 3.8) is 0 Å². The fourth-order valence-corrected chi connectivity index (χ4v) is 7.53. The van der Waals surface area contributed by atoms with Crippen LogP contribution >= 0.6 is 0 Å². The smallest absolute Gasteiger partial charge is 0.657 e. The standard InChI is InChI=1S/C51H33N5.Ni/c1-6-16-34(17-7-1)33-52-46-32-45-49(37-22-12-4-13-23-37)43-29-28-41(54-43)47(35-18-8-2-9-19-35)39-26-27-40(53-39)48(36-20-10-3-11-21-36)42-30-31-44(55-42)50(51(46)56-45)38-24-14-5-15-25-38;/h1-33H;/q-2;+2. The third-order valence-electron chi connectivity index (χ3n) is 10.1. The molecule has 0 amide bonds. The summed E-state index contributed by atoms with van der Waals surface area (Å²) in [4.78, 5) is 26.8. The van der Waals surface area contributed by atoms with Gasteiger partial charge in [0.1, 0.15) is 0 Å². The summed E-state index contributed by atoms with van der Waals surface area (Å²) in [5, 5.41) is 0. The van der Waals surface area contributed by atoms with Crippen LogP contribution in [0.5, 0.6) is 0 Å². The van der Waals surface area contributed by atoms with Crippen LogP contribution in [0, 0.1) is 0 Å². The molecule has 0 saturated heterocycles. The van der Waals surface area contributed by atoms with E-state index in [1.807, 2.05) is 48.7 Å². The molecule has 5 nitrogen and oxygen atoms in total. The van der Waals surface area contributed by atoms with Gasteiger partial charge in [-0.2, -0.15) is 0 Å². The Morgan fingerprint density at radius 3 is 1.19 bits per heavy atom. The predicted octanol–water partition coefficient (Wildman–Crippen LogP) is 12.0. The van der Waals surface area contributed by atoms with E-state index in [1.165, 1.54) is 0 Å². The molecule has 0 spiro atoms. The third kappa shape index (κ3) is 6.88. The number of aromatic nitrogens is 4. The summed E-state index contributed by atoms with van der Waals surface area (Å²) in [6.45, 7) is 0. The molecule has 0 N–H and O–H groups in total. The van der Waals surface area contributed by atoms with Crippen LogP contribution in [0.15, 0.2) is 181 Å². The number of nitrogens with zero attached hydrogens (tertiary/aromatic N) is 5. The van der Waals surface area contributed by atoms with E-state index in [4.69, 9.17) is 24.9 Å². The number of rotatable bonds is 6. The first-order valence-electron chi connectivity index (χ1n) is 18.7. The van der Waals surface area contributed by atoms with Crippen molar-refractivity contribution in [3.05, 3.63) is 204 Å². The Morgan fingerprint density at radius 2 is 0.754 bits per heavy atom. The van der Waals surface area contributed by atoms with Crippen LogP contribution in [0.25, 0.3) is 90.5 Å². The summed E-state index contributed by atoms with van der Waals surface area (Å²) in [6.07, 6.45) is 8.19. The molecule has 5 heterocycles. The second-order valence-corrected chi connectivity index (χ2v) is 13.7. The van der Waals surface area contributed by atoms with Crippen molar-refractivity contribution in [2.24, 2.45) is 4.99 Å². The van der Waals surface area contributed by atoms with Crippen LogP contribution in [0.2, 0.25) is 0 Å². The van der Waals surface area contributed by atoms with Gasteiger partial charge in [-0.25, -0.2) is 9.97 Å². The minimum Gasteiger partial charge on any atom is -0.657 e. The van der Waals surface area contributed by atoms with Gasteiger partial charge in [0.15, 0.2) is 0 Å². The quantitative estimate of drug-likeness (QED) is 0.125. The van der Waals surface area contributed by atoms with E-state index >= 15 is 0 Å². The zero-order valence-electron chi connectivity index (χ0n) is 30.6. The minimum absolute atomic E-state index is 0. The SMILES string of the molecule is C1=Cc2nc1c(-c1ccccc1)c1ccc([n-]1)c(-c1ccccc1)c1nc(c(-c3ccccc3)c3ccc([n-]3)c2-c2ccccc2)C(N=Cc2ccccc2)=C1.[Ni+2]. The minimum atomic E-state index is 0. The van der Waals surface area contributed by atoms with Crippen molar-refractivity contribution < 1.29 is 16.5 Å². The molecule has 2 aliphatic heterocycles. The second-order valence-electron chi connectivity index (χ2n) is 13.7. The van der Waals surface area contributed by atoms with Gasteiger partial charge in [0, 0.05) is 6.21 Å². The molecule has 0 radical (unpaired) electrons. The van der Waals surface area contributed by atoms with Crippen LogP contribution < -0.4 is 9.97 Å². The second kappa shape index (κ2) is 15.5. The van der Waals surface area contributed by atoms with Gasteiger partial charge in [-0.15, -0.1) is 22.1 Å². The first-order valence-corrected chi connectivity index (χ1v) is 18.7. The summed E-state index contributed by atoms with van der Waals surface area (Å²) >= 11 is 0. The summed E-state index contributed by atoms with van der Waals surface area (Å²) in [5.41, 5.74) is 16.0. The predicted molar refractivity (Wildman–Crippen MR) is 232 cm³/mol. The van der Waals surface area contributed by atoms with Crippen molar-refractivity contribution >= 4 is 52.2 Å². The first kappa shape index (κ1) is 35.6. The van der Waals surface area contributed by atoms with Gasteiger partial charge >= 0.3 is 16.5 Å². The molecule has 0 saturated carbocycles. The van der Waals surface area contributed by atoms with E-state index in [0.29, 0.717) is 0 Å². The van der Waals surface area contributed by atoms with Crippen molar-refractivity contribution in [2.45, 2.75) is 0 Å². The summed E-state index contributed by atoms with van der Waals surface area (Å²) in [7, 11) is 0. The van der Waals surface area contributed by atoms with E-state index in [2.05, 4.69) is 152 Å². The molecule has 0 unspecified atom stereocenters. The van der Waals surface area contributed by atoms with Crippen molar-refractivity contribution in [1.29, 1.82) is 0 Å². The number of hydrogen-bond donors (Lipinski definition) is 0. The molecule has 6 heteroatoms. The van der Waals surface area contributed by atoms with E-state index in [0.717, 1.165) is 101 Å². The number of hydrogen-bond acceptors (Lipinski definition) is 3. The monoisotopic (exact) mass is 773 g/mol. The zero-order valence-corrected chi connectivity index (χ0v) is 31.6. The molecule has 0 fully saturated rings.